The van der Waals surface area contributed by atoms with Crippen LogP contribution in [0.25, 0.3) is 0 Å². The van der Waals surface area contributed by atoms with Crippen molar-refractivity contribution in [2.45, 2.75) is 12.5 Å². The Morgan fingerprint density at radius 3 is 2.84 bits per heavy atom. The van der Waals surface area contributed by atoms with E-state index in [1.807, 2.05) is 18.2 Å². The third-order valence-electron chi connectivity index (χ3n) is 6.03. The third kappa shape index (κ3) is 3.82. The molecule has 2 aromatic carbocycles. The average molecular weight is 417 g/mol. The lowest BCUT2D eigenvalue weighted by Crippen LogP contribution is -2.61. The van der Waals surface area contributed by atoms with Gasteiger partial charge >= 0.3 is 0 Å². The molecule has 2 aliphatic rings. The summed E-state index contributed by atoms with van der Waals surface area (Å²) < 4.78 is 0. The maximum absolute atomic E-state index is 13.0. The summed E-state index contributed by atoms with van der Waals surface area (Å²) in [6, 6.07) is 14.5. The maximum atomic E-state index is 13.0. The van der Waals surface area contributed by atoms with Gasteiger partial charge in [-0.15, -0.1) is 6.58 Å². The van der Waals surface area contributed by atoms with Crippen LogP contribution in [0, 0.1) is 27.4 Å². The third-order valence-corrected chi connectivity index (χ3v) is 6.03. The van der Waals surface area contributed by atoms with E-state index in [0.717, 1.165) is 16.9 Å². The monoisotopic (exact) mass is 417 g/mol. The highest BCUT2D eigenvalue weighted by Gasteiger charge is 2.42. The van der Waals surface area contributed by atoms with E-state index < -0.39 is 4.92 Å². The number of carbonyl (C=O) groups excluding carboxylic acids is 1. The number of piperazine rings is 1. The summed E-state index contributed by atoms with van der Waals surface area (Å²) in [6.07, 6.45) is 2.06. The van der Waals surface area contributed by atoms with Crippen LogP contribution in [0.5, 0.6) is 0 Å². The van der Waals surface area contributed by atoms with Gasteiger partial charge in [0, 0.05) is 44.0 Å². The topological polar surface area (TPSA) is 103 Å². The van der Waals surface area contributed by atoms with Crippen molar-refractivity contribution in [3.63, 3.8) is 0 Å². The van der Waals surface area contributed by atoms with Gasteiger partial charge in [0.1, 0.15) is 6.07 Å². The second-order valence-electron chi connectivity index (χ2n) is 7.75. The normalized spacial score (nSPS) is 19.6. The summed E-state index contributed by atoms with van der Waals surface area (Å²) >= 11 is 0. The first-order valence-corrected chi connectivity index (χ1v) is 10.2. The number of nitro benzene ring substituents is 1. The Balaban J connectivity index is 1.70. The summed E-state index contributed by atoms with van der Waals surface area (Å²) in [5, 5.41) is 23.7. The first-order valence-electron chi connectivity index (χ1n) is 10.2. The molecule has 4 rings (SSSR count). The van der Waals surface area contributed by atoms with Crippen LogP contribution in [-0.4, -0.2) is 43.1 Å². The van der Waals surface area contributed by atoms with Gasteiger partial charge in [-0.05, 0) is 30.2 Å². The number of anilines is 2. The van der Waals surface area contributed by atoms with Crippen LogP contribution in [0.1, 0.15) is 11.1 Å². The molecule has 0 spiro atoms. The number of para-hydroxylation sites is 1. The Bertz CT molecular complexity index is 1080. The van der Waals surface area contributed by atoms with Crippen molar-refractivity contribution in [1.82, 2.24) is 5.32 Å². The van der Waals surface area contributed by atoms with Gasteiger partial charge in [-0.25, -0.2) is 0 Å². The van der Waals surface area contributed by atoms with E-state index in [1.165, 1.54) is 6.07 Å². The molecule has 0 radical (unpaired) electrons. The second-order valence-corrected chi connectivity index (χ2v) is 7.75. The minimum Gasteiger partial charge on any atom is -0.367 e. The predicted octanol–water partition coefficient (Wildman–Crippen LogP) is 2.64. The van der Waals surface area contributed by atoms with Crippen LogP contribution in [0.4, 0.5) is 17.1 Å². The summed E-state index contributed by atoms with van der Waals surface area (Å²) in [4.78, 5) is 28.2. The SMILES string of the molecule is C=CCNC(=O)[C@H]1Cc2cc([N+](=O)[O-])ccc2N2CCN(c3ccccc3C#N)C[C@@H]12. The molecule has 0 aromatic heterocycles. The Hall–Kier alpha value is -3.86. The molecule has 0 bridgehead atoms. The van der Waals surface area contributed by atoms with Crippen molar-refractivity contribution in [2.24, 2.45) is 5.92 Å². The van der Waals surface area contributed by atoms with E-state index in [0.29, 0.717) is 38.2 Å². The molecule has 8 nitrogen and oxygen atoms in total. The lowest BCUT2D eigenvalue weighted by atomic mass is 9.83. The van der Waals surface area contributed by atoms with Gasteiger partial charge in [0.15, 0.2) is 0 Å². The average Bonchev–Trinajstić information content (AvgIpc) is 2.81. The number of amides is 1. The quantitative estimate of drug-likeness (QED) is 0.456. The largest absolute Gasteiger partial charge is 0.367 e. The molecular weight excluding hydrogens is 394 g/mol. The van der Waals surface area contributed by atoms with Gasteiger partial charge < -0.3 is 15.1 Å². The summed E-state index contributed by atoms with van der Waals surface area (Å²) in [5.41, 5.74) is 3.26. The van der Waals surface area contributed by atoms with Gasteiger partial charge in [-0.1, -0.05) is 18.2 Å². The van der Waals surface area contributed by atoms with Crippen LogP contribution >= 0.6 is 0 Å². The Labute approximate surface area is 180 Å². The molecule has 0 saturated carbocycles. The molecule has 0 aliphatic carbocycles. The van der Waals surface area contributed by atoms with Gasteiger partial charge in [-0.2, -0.15) is 5.26 Å². The van der Waals surface area contributed by atoms with Crippen LogP contribution in [-0.2, 0) is 11.2 Å². The van der Waals surface area contributed by atoms with Crippen LogP contribution in [0.3, 0.4) is 0 Å². The number of nitro groups is 1. The van der Waals surface area contributed by atoms with Crippen molar-refractivity contribution in [1.29, 1.82) is 5.26 Å². The molecule has 1 amide bonds. The number of hydrogen-bond acceptors (Lipinski definition) is 6. The molecule has 2 atom stereocenters. The van der Waals surface area contributed by atoms with E-state index in [9.17, 15) is 20.2 Å². The second kappa shape index (κ2) is 8.48. The first-order chi connectivity index (χ1) is 15.0. The van der Waals surface area contributed by atoms with Gasteiger partial charge in [0.25, 0.3) is 5.69 Å². The molecule has 1 saturated heterocycles. The minimum atomic E-state index is -0.407. The van der Waals surface area contributed by atoms with E-state index in [4.69, 9.17) is 0 Å². The molecular formula is C23H23N5O3. The Morgan fingerprint density at radius 1 is 1.29 bits per heavy atom. The minimum absolute atomic E-state index is 0.0315. The predicted molar refractivity (Wildman–Crippen MR) is 118 cm³/mol. The molecule has 31 heavy (non-hydrogen) atoms. The van der Waals surface area contributed by atoms with Crippen LogP contribution < -0.4 is 15.1 Å². The number of benzene rings is 2. The lowest BCUT2D eigenvalue weighted by molar-refractivity contribution is -0.384. The molecule has 2 aromatic rings. The number of hydrogen-bond donors (Lipinski definition) is 1. The van der Waals surface area contributed by atoms with Crippen LogP contribution in [0.2, 0.25) is 0 Å². The summed E-state index contributed by atoms with van der Waals surface area (Å²) in [7, 11) is 0. The molecule has 0 unspecified atom stereocenters. The van der Waals surface area contributed by atoms with Gasteiger partial charge in [-0.3, -0.25) is 14.9 Å². The number of nitrogens with one attached hydrogen (secondary N) is 1. The zero-order valence-electron chi connectivity index (χ0n) is 17.0. The lowest BCUT2D eigenvalue weighted by Gasteiger charge is -2.49. The number of fused-ring (bicyclic) bond motifs is 3. The van der Waals surface area contributed by atoms with E-state index in [-0.39, 0.29) is 23.6 Å². The highest BCUT2D eigenvalue weighted by Crippen LogP contribution is 2.39. The van der Waals surface area contributed by atoms with Crippen LogP contribution in [0.15, 0.2) is 55.1 Å². The molecule has 2 aliphatic heterocycles. The fraction of sp³-hybridized carbons (Fsp3) is 0.304. The number of nitrogens with zero attached hydrogens (tertiary/aromatic N) is 4. The standard InChI is InChI=1S/C23H23N5O3/c1-2-9-25-23(29)19-13-17-12-18(28(30)31)7-8-21(17)27-11-10-26(15-22(19)27)20-6-4-3-5-16(20)14-24/h2-8,12,19,22H,1,9-11,13,15H2,(H,25,29)/t19-,22-/m0/s1. The zero-order chi connectivity index (χ0) is 22.0. The van der Waals surface area contributed by atoms with E-state index in [2.05, 4.69) is 27.8 Å². The summed E-state index contributed by atoms with van der Waals surface area (Å²) in [5.74, 6) is -0.464. The van der Waals surface area contributed by atoms with E-state index in [1.54, 1.807) is 24.3 Å². The number of non-ortho nitro benzene ring substituents is 1. The fourth-order valence-electron chi connectivity index (χ4n) is 4.59. The zero-order valence-corrected chi connectivity index (χ0v) is 17.0. The first kappa shape index (κ1) is 20.4. The van der Waals surface area contributed by atoms with E-state index >= 15 is 0 Å². The molecule has 1 N–H and O–H groups in total. The highest BCUT2D eigenvalue weighted by molar-refractivity contribution is 5.82. The molecule has 2 heterocycles. The number of nitriles is 1. The maximum Gasteiger partial charge on any atom is 0.269 e. The van der Waals surface area contributed by atoms with Crippen molar-refractivity contribution in [3.05, 3.63) is 76.4 Å². The van der Waals surface area contributed by atoms with Gasteiger partial charge in [0.2, 0.25) is 5.91 Å². The van der Waals surface area contributed by atoms with Gasteiger partial charge in [0.05, 0.1) is 28.1 Å². The molecule has 158 valence electrons. The Morgan fingerprint density at radius 2 is 2.10 bits per heavy atom. The molecule has 1 fully saturated rings. The summed E-state index contributed by atoms with van der Waals surface area (Å²) in [6.45, 7) is 5.95. The number of carbonyl (C=O) groups is 1. The highest BCUT2D eigenvalue weighted by atomic mass is 16.6. The van der Waals surface area contributed by atoms with Crippen molar-refractivity contribution in [3.8, 4) is 6.07 Å². The number of rotatable bonds is 5. The smallest absolute Gasteiger partial charge is 0.269 e. The fourth-order valence-corrected chi connectivity index (χ4v) is 4.59. The molecule has 8 heteroatoms. The van der Waals surface area contributed by atoms with Crippen molar-refractivity contribution >= 4 is 23.0 Å². The van der Waals surface area contributed by atoms with Crippen molar-refractivity contribution < 1.29 is 9.72 Å². The van der Waals surface area contributed by atoms with Crippen molar-refractivity contribution in [2.75, 3.05) is 36.0 Å². The Kier molecular flexibility index (Phi) is 5.58.